The van der Waals surface area contributed by atoms with E-state index >= 15 is 0 Å². The summed E-state index contributed by atoms with van der Waals surface area (Å²) in [6, 6.07) is 11.3. The van der Waals surface area contributed by atoms with E-state index < -0.39 is 10.8 Å². The molecule has 3 rings (SSSR count). The molecule has 7 nitrogen and oxygen atoms in total. The van der Waals surface area contributed by atoms with Crippen LogP contribution in [0.25, 0.3) is 0 Å². The highest BCUT2D eigenvalue weighted by Gasteiger charge is 2.22. The summed E-state index contributed by atoms with van der Waals surface area (Å²) in [5.74, 6) is -0.552. The Bertz CT molecular complexity index is 806. The van der Waals surface area contributed by atoms with E-state index in [0.29, 0.717) is 32.0 Å². The van der Waals surface area contributed by atoms with E-state index in [2.05, 4.69) is 10.2 Å². The summed E-state index contributed by atoms with van der Waals surface area (Å²) in [5.41, 5.74) is 1.09. The van der Waals surface area contributed by atoms with Crippen molar-refractivity contribution in [3.63, 3.8) is 0 Å². The zero-order valence-electron chi connectivity index (χ0n) is 13.3. The van der Waals surface area contributed by atoms with Gasteiger partial charge in [0.1, 0.15) is 5.56 Å². The number of hydrogen-bond acceptors (Lipinski definition) is 5. The average Bonchev–Trinajstić information content (AvgIpc) is 2.62. The number of nitro groups is 1. The maximum Gasteiger partial charge on any atom is 0.283 e. The molecule has 8 heteroatoms. The Morgan fingerprint density at radius 3 is 2.64 bits per heavy atom. The summed E-state index contributed by atoms with van der Waals surface area (Å²) in [6.07, 6.45) is 0. The molecule has 1 heterocycles. The van der Waals surface area contributed by atoms with Gasteiger partial charge in [0.15, 0.2) is 0 Å². The number of nitro benzene ring substituents is 1. The summed E-state index contributed by atoms with van der Waals surface area (Å²) < 4.78 is 5.35. The summed E-state index contributed by atoms with van der Waals surface area (Å²) in [6.45, 7) is 2.66. The lowest BCUT2D eigenvalue weighted by atomic mass is 10.1. The fourth-order valence-electron chi connectivity index (χ4n) is 2.70. The van der Waals surface area contributed by atoms with Crippen LogP contribution in [-0.4, -0.2) is 37.1 Å². The molecule has 1 aliphatic rings. The SMILES string of the molecule is O=C(Nc1ccccc1N1CCOCC1)c1ccc(Cl)cc1[N+](=O)[O-]. The van der Waals surface area contributed by atoms with Crippen LogP contribution in [0.3, 0.4) is 0 Å². The van der Waals surface area contributed by atoms with Crippen molar-refractivity contribution in [1.29, 1.82) is 0 Å². The molecular formula is C17H16ClN3O4. The number of nitrogens with zero attached hydrogens (tertiary/aromatic N) is 2. The number of hydrogen-bond donors (Lipinski definition) is 1. The Balaban J connectivity index is 1.88. The minimum Gasteiger partial charge on any atom is -0.378 e. The quantitative estimate of drug-likeness (QED) is 0.667. The number of nitrogens with one attached hydrogen (secondary N) is 1. The maximum absolute atomic E-state index is 12.6. The van der Waals surface area contributed by atoms with E-state index in [1.165, 1.54) is 18.2 Å². The van der Waals surface area contributed by atoms with Gasteiger partial charge < -0.3 is 15.0 Å². The third-order valence-electron chi connectivity index (χ3n) is 3.91. The number of ether oxygens (including phenoxy) is 1. The monoisotopic (exact) mass is 361 g/mol. The molecule has 1 fully saturated rings. The molecule has 25 heavy (non-hydrogen) atoms. The second kappa shape index (κ2) is 7.50. The minimum atomic E-state index is -0.616. The largest absolute Gasteiger partial charge is 0.378 e. The first-order chi connectivity index (χ1) is 12.1. The fourth-order valence-corrected chi connectivity index (χ4v) is 2.86. The first-order valence-corrected chi connectivity index (χ1v) is 8.11. The Kier molecular flexibility index (Phi) is 5.16. The van der Waals surface area contributed by atoms with E-state index in [4.69, 9.17) is 16.3 Å². The number of para-hydroxylation sites is 2. The molecule has 0 aliphatic carbocycles. The van der Waals surface area contributed by atoms with Crippen molar-refractivity contribution in [2.45, 2.75) is 0 Å². The Hall–Kier alpha value is -2.64. The van der Waals surface area contributed by atoms with Gasteiger partial charge in [-0.1, -0.05) is 23.7 Å². The fraction of sp³-hybridized carbons (Fsp3) is 0.235. The Morgan fingerprint density at radius 2 is 1.92 bits per heavy atom. The third kappa shape index (κ3) is 3.89. The summed E-state index contributed by atoms with van der Waals surface area (Å²) in [4.78, 5) is 25.3. The van der Waals surface area contributed by atoms with Crippen molar-refractivity contribution < 1.29 is 14.5 Å². The number of anilines is 2. The molecule has 0 bridgehead atoms. The number of halogens is 1. The molecule has 1 saturated heterocycles. The normalized spacial score (nSPS) is 14.2. The van der Waals surface area contributed by atoms with Crippen molar-refractivity contribution in [1.82, 2.24) is 0 Å². The van der Waals surface area contributed by atoms with Gasteiger partial charge in [0.2, 0.25) is 0 Å². The highest BCUT2D eigenvalue weighted by atomic mass is 35.5. The minimum absolute atomic E-state index is 0.0359. The molecule has 2 aromatic rings. The lowest BCUT2D eigenvalue weighted by molar-refractivity contribution is -0.385. The molecule has 0 spiro atoms. The van der Waals surface area contributed by atoms with Crippen LogP contribution in [0, 0.1) is 10.1 Å². The van der Waals surface area contributed by atoms with Crippen molar-refractivity contribution in [3.05, 3.63) is 63.2 Å². The molecule has 0 unspecified atom stereocenters. The zero-order chi connectivity index (χ0) is 17.8. The van der Waals surface area contributed by atoms with Crippen LogP contribution in [0.5, 0.6) is 0 Å². The number of carbonyl (C=O) groups is 1. The summed E-state index contributed by atoms with van der Waals surface area (Å²) in [5, 5.41) is 14.2. The highest BCUT2D eigenvalue weighted by molar-refractivity contribution is 6.31. The van der Waals surface area contributed by atoms with Crippen LogP contribution >= 0.6 is 11.6 Å². The predicted octanol–water partition coefficient (Wildman–Crippen LogP) is 3.34. The second-order valence-corrected chi connectivity index (χ2v) is 5.93. The van der Waals surface area contributed by atoms with Crippen molar-refractivity contribution in [2.24, 2.45) is 0 Å². The maximum atomic E-state index is 12.6. The molecule has 1 amide bonds. The number of carbonyl (C=O) groups excluding carboxylic acids is 1. The van der Waals surface area contributed by atoms with Gasteiger partial charge in [-0.2, -0.15) is 0 Å². The highest BCUT2D eigenvalue weighted by Crippen LogP contribution is 2.29. The van der Waals surface area contributed by atoms with E-state index in [0.717, 1.165) is 5.69 Å². The number of morpholine rings is 1. The molecule has 0 aromatic heterocycles. The molecule has 0 atom stereocenters. The van der Waals surface area contributed by atoms with Crippen molar-refractivity contribution >= 4 is 34.6 Å². The van der Waals surface area contributed by atoms with Gasteiger partial charge in [-0.25, -0.2) is 0 Å². The summed E-state index contributed by atoms with van der Waals surface area (Å²) in [7, 11) is 0. The molecular weight excluding hydrogens is 346 g/mol. The number of rotatable bonds is 4. The standard InChI is InChI=1S/C17H16ClN3O4/c18-12-5-6-13(16(11-12)21(23)24)17(22)19-14-3-1-2-4-15(14)20-7-9-25-10-8-20/h1-6,11H,7-10H2,(H,19,22). The molecule has 0 radical (unpaired) electrons. The van der Waals surface area contributed by atoms with Gasteiger partial charge in [0, 0.05) is 24.2 Å². The first kappa shape index (κ1) is 17.2. The lowest BCUT2D eigenvalue weighted by Gasteiger charge is -2.30. The lowest BCUT2D eigenvalue weighted by Crippen LogP contribution is -2.36. The van der Waals surface area contributed by atoms with Crippen LogP contribution in [0.15, 0.2) is 42.5 Å². The zero-order valence-corrected chi connectivity index (χ0v) is 14.0. The smallest absolute Gasteiger partial charge is 0.283 e. The molecule has 2 aromatic carbocycles. The topological polar surface area (TPSA) is 84.7 Å². The van der Waals surface area contributed by atoms with E-state index in [9.17, 15) is 14.9 Å². The van der Waals surface area contributed by atoms with Gasteiger partial charge in [0.05, 0.1) is 29.5 Å². The van der Waals surface area contributed by atoms with Gasteiger partial charge in [-0.15, -0.1) is 0 Å². The van der Waals surface area contributed by atoms with E-state index in [1.54, 1.807) is 12.1 Å². The van der Waals surface area contributed by atoms with Crippen LogP contribution in [0.1, 0.15) is 10.4 Å². The Labute approximate surface area is 149 Å². The Morgan fingerprint density at radius 1 is 1.20 bits per heavy atom. The van der Waals surface area contributed by atoms with Gasteiger partial charge in [0.25, 0.3) is 11.6 Å². The van der Waals surface area contributed by atoms with Crippen molar-refractivity contribution in [3.8, 4) is 0 Å². The van der Waals surface area contributed by atoms with Crippen molar-refractivity contribution in [2.75, 3.05) is 36.5 Å². The molecule has 130 valence electrons. The number of benzene rings is 2. The predicted molar refractivity (Wildman–Crippen MR) is 95.5 cm³/mol. The molecule has 1 aliphatic heterocycles. The number of amides is 1. The van der Waals surface area contributed by atoms with E-state index in [1.807, 2.05) is 12.1 Å². The molecule has 0 saturated carbocycles. The average molecular weight is 362 g/mol. The van der Waals surface area contributed by atoms with Gasteiger partial charge >= 0.3 is 0 Å². The van der Waals surface area contributed by atoms with Crippen LogP contribution < -0.4 is 10.2 Å². The third-order valence-corrected chi connectivity index (χ3v) is 4.14. The van der Waals surface area contributed by atoms with Crippen LogP contribution in [0.2, 0.25) is 5.02 Å². The van der Waals surface area contributed by atoms with E-state index in [-0.39, 0.29) is 16.3 Å². The van der Waals surface area contributed by atoms with Gasteiger partial charge in [-0.05, 0) is 24.3 Å². The summed E-state index contributed by atoms with van der Waals surface area (Å²) >= 11 is 5.80. The second-order valence-electron chi connectivity index (χ2n) is 5.49. The first-order valence-electron chi connectivity index (χ1n) is 7.73. The van der Waals surface area contributed by atoms with Gasteiger partial charge in [-0.3, -0.25) is 14.9 Å². The molecule has 1 N–H and O–H groups in total. The van der Waals surface area contributed by atoms with Crippen LogP contribution in [-0.2, 0) is 4.74 Å². The van der Waals surface area contributed by atoms with Crippen LogP contribution in [0.4, 0.5) is 17.1 Å².